The molecule has 0 aromatic heterocycles. The third-order valence-electron chi connectivity index (χ3n) is 6.05. The number of rotatable bonds is 6. The van der Waals surface area contributed by atoms with Gasteiger partial charge in [-0.15, -0.1) is 0 Å². The second-order valence-electron chi connectivity index (χ2n) is 8.32. The maximum atomic E-state index is 10.6. The van der Waals surface area contributed by atoms with Crippen molar-refractivity contribution in [1.29, 1.82) is 0 Å². The third-order valence-corrected chi connectivity index (χ3v) is 6.05. The minimum absolute atomic E-state index is 0.760. The van der Waals surface area contributed by atoms with Crippen LogP contribution in [0.15, 0.2) is 0 Å². The van der Waals surface area contributed by atoms with Gasteiger partial charge in [-0.05, 0) is 6.92 Å². The van der Waals surface area contributed by atoms with Crippen LogP contribution in [0.4, 0.5) is 0 Å². The molecular formula is C18H32O15. The van der Waals surface area contributed by atoms with Gasteiger partial charge in [0.1, 0.15) is 67.1 Å². The molecule has 0 bridgehead atoms. The van der Waals surface area contributed by atoms with Crippen LogP contribution in [-0.4, -0.2) is 156 Å². The molecule has 15 nitrogen and oxygen atoms in total. The van der Waals surface area contributed by atoms with Crippen LogP contribution in [0.2, 0.25) is 0 Å². The Labute approximate surface area is 187 Å². The molecule has 10 N–H and O–H groups in total. The molecule has 0 saturated carbocycles. The van der Waals surface area contributed by atoms with E-state index in [0.717, 1.165) is 0 Å². The lowest BCUT2D eigenvalue weighted by Crippen LogP contribution is -2.66. The summed E-state index contributed by atoms with van der Waals surface area (Å²) in [5.74, 6) is 0. The average Bonchev–Trinajstić information content (AvgIpc) is 2.80. The van der Waals surface area contributed by atoms with E-state index in [0.29, 0.717) is 0 Å². The average molecular weight is 488 g/mol. The van der Waals surface area contributed by atoms with E-state index in [2.05, 4.69) is 0 Å². The van der Waals surface area contributed by atoms with Gasteiger partial charge in [0.2, 0.25) is 0 Å². The molecule has 3 fully saturated rings. The summed E-state index contributed by atoms with van der Waals surface area (Å²) in [7, 11) is 0. The highest BCUT2D eigenvalue weighted by Crippen LogP contribution is 2.32. The van der Waals surface area contributed by atoms with Crippen molar-refractivity contribution in [2.45, 2.75) is 99.0 Å². The smallest absolute Gasteiger partial charge is 0.187 e. The molecule has 3 saturated heterocycles. The van der Waals surface area contributed by atoms with Crippen LogP contribution in [0.5, 0.6) is 0 Å². The van der Waals surface area contributed by atoms with Crippen molar-refractivity contribution >= 4 is 0 Å². The van der Waals surface area contributed by atoms with E-state index in [1.807, 2.05) is 0 Å². The third kappa shape index (κ3) is 5.32. The molecule has 0 amide bonds. The molecule has 0 radical (unpaired) electrons. The maximum absolute atomic E-state index is 10.6. The minimum atomic E-state index is -1.83. The first-order chi connectivity index (χ1) is 15.5. The van der Waals surface area contributed by atoms with Crippen molar-refractivity contribution in [2.75, 3.05) is 13.2 Å². The predicted molar refractivity (Wildman–Crippen MR) is 99.8 cm³/mol. The van der Waals surface area contributed by atoms with E-state index in [-0.39, 0.29) is 0 Å². The van der Waals surface area contributed by atoms with Gasteiger partial charge < -0.3 is 74.7 Å². The fourth-order valence-electron chi connectivity index (χ4n) is 3.98. The first-order valence-electron chi connectivity index (χ1n) is 10.4. The summed E-state index contributed by atoms with van der Waals surface area (Å²) in [5.41, 5.74) is 0. The second kappa shape index (κ2) is 11.0. The molecule has 0 aromatic carbocycles. The summed E-state index contributed by atoms with van der Waals surface area (Å²) >= 11 is 0. The number of aliphatic hydroxyl groups excluding tert-OH is 10. The Morgan fingerprint density at radius 2 is 1.12 bits per heavy atom. The van der Waals surface area contributed by atoms with Crippen LogP contribution in [0.3, 0.4) is 0 Å². The maximum Gasteiger partial charge on any atom is 0.187 e. The monoisotopic (exact) mass is 488 g/mol. The summed E-state index contributed by atoms with van der Waals surface area (Å²) in [6.45, 7) is -0.128. The van der Waals surface area contributed by atoms with Gasteiger partial charge in [0.05, 0.1) is 19.3 Å². The second-order valence-corrected chi connectivity index (χ2v) is 8.32. The molecule has 194 valence electrons. The molecule has 0 aromatic rings. The number of hydrogen-bond acceptors (Lipinski definition) is 15. The molecule has 3 heterocycles. The summed E-state index contributed by atoms with van der Waals surface area (Å²) in [6, 6.07) is 0. The molecule has 3 aliphatic heterocycles. The van der Waals surface area contributed by atoms with Gasteiger partial charge >= 0.3 is 0 Å². The molecule has 0 aliphatic carbocycles. The van der Waals surface area contributed by atoms with Crippen molar-refractivity contribution in [2.24, 2.45) is 0 Å². The number of aliphatic hydroxyl groups is 10. The van der Waals surface area contributed by atoms with Crippen LogP contribution in [0, 0.1) is 0 Å². The highest BCUT2D eigenvalue weighted by Gasteiger charge is 2.53. The lowest BCUT2D eigenvalue weighted by molar-refractivity contribution is -0.385. The van der Waals surface area contributed by atoms with Gasteiger partial charge in [-0.3, -0.25) is 0 Å². The summed E-state index contributed by atoms with van der Waals surface area (Å²) in [4.78, 5) is 0. The molecule has 15 atom stereocenters. The molecular weight excluding hydrogens is 456 g/mol. The zero-order valence-electron chi connectivity index (χ0n) is 17.6. The highest BCUT2D eigenvalue weighted by atomic mass is 16.8. The van der Waals surface area contributed by atoms with E-state index < -0.39 is 105 Å². The Balaban J connectivity index is 1.83. The Bertz CT molecular complexity index is 624. The Morgan fingerprint density at radius 1 is 0.545 bits per heavy atom. The predicted octanol–water partition coefficient (Wildman–Crippen LogP) is -6.55. The largest absolute Gasteiger partial charge is 0.394 e. The van der Waals surface area contributed by atoms with Gasteiger partial charge in [-0.25, -0.2) is 0 Å². The number of hydrogen-bond donors (Lipinski definition) is 10. The highest BCUT2D eigenvalue weighted by molar-refractivity contribution is 4.95. The van der Waals surface area contributed by atoms with Gasteiger partial charge in [-0.2, -0.15) is 0 Å². The molecule has 33 heavy (non-hydrogen) atoms. The van der Waals surface area contributed by atoms with E-state index in [4.69, 9.17) is 23.7 Å². The van der Waals surface area contributed by atoms with Crippen LogP contribution in [-0.2, 0) is 23.7 Å². The standard InChI is InChI=1S/C18H32O15/c1-4-7(21)9(23)13(27)17(29-4)33-15-10(24)8(22)5(2-19)31-18(15)32-14-6(3-20)30-16(28)12(26)11(14)25/h4-28H,2-3H2,1H3/t4?,5?,6?,7-,8+,9-,10-,11+,12?,13?,14-,15?,16+,17+,18+/m1/s1. The van der Waals surface area contributed by atoms with E-state index in [1.54, 1.807) is 0 Å². The SMILES string of the molecule is CC1O[C@@H](OC2[C@H](O[C@@H]3C(CO)O[C@H](O)C(O)[C@@H]3O)OC(CO)[C@H](O)[C@H]2O)C(O)[C@H](O)[C@@H]1O. The molecule has 0 spiro atoms. The Hall–Kier alpha value is -0.600. The first-order valence-corrected chi connectivity index (χ1v) is 10.4. The Morgan fingerprint density at radius 3 is 1.73 bits per heavy atom. The summed E-state index contributed by atoms with van der Waals surface area (Å²) in [6.07, 6.45) is -24.1. The lowest BCUT2D eigenvalue weighted by Gasteiger charge is -2.48. The van der Waals surface area contributed by atoms with Gasteiger partial charge in [0.15, 0.2) is 18.9 Å². The zero-order valence-corrected chi connectivity index (χ0v) is 17.6. The van der Waals surface area contributed by atoms with Crippen LogP contribution < -0.4 is 0 Å². The van der Waals surface area contributed by atoms with E-state index >= 15 is 0 Å². The fourth-order valence-corrected chi connectivity index (χ4v) is 3.98. The van der Waals surface area contributed by atoms with E-state index in [1.165, 1.54) is 6.92 Å². The van der Waals surface area contributed by atoms with Crippen molar-refractivity contribution in [1.82, 2.24) is 0 Å². The molecule has 3 rings (SSSR count). The normalized spacial score (nSPS) is 53.7. The van der Waals surface area contributed by atoms with Gasteiger partial charge in [0.25, 0.3) is 0 Å². The van der Waals surface area contributed by atoms with Crippen molar-refractivity contribution in [3.8, 4) is 0 Å². The van der Waals surface area contributed by atoms with Crippen LogP contribution in [0.1, 0.15) is 6.92 Å². The molecule has 15 heteroatoms. The summed E-state index contributed by atoms with van der Waals surface area (Å²) < 4.78 is 26.9. The quantitative estimate of drug-likeness (QED) is 0.167. The zero-order chi connectivity index (χ0) is 24.6. The fraction of sp³-hybridized carbons (Fsp3) is 1.00. The van der Waals surface area contributed by atoms with E-state index in [9.17, 15) is 51.1 Å². The summed E-state index contributed by atoms with van der Waals surface area (Å²) in [5, 5.41) is 99.8. The van der Waals surface area contributed by atoms with Crippen LogP contribution in [0.25, 0.3) is 0 Å². The van der Waals surface area contributed by atoms with Crippen molar-refractivity contribution in [3.63, 3.8) is 0 Å². The Kier molecular flexibility index (Phi) is 8.99. The van der Waals surface area contributed by atoms with Crippen molar-refractivity contribution in [3.05, 3.63) is 0 Å². The lowest BCUT2D eigenvalue weighted by atomic mass is 9.96. The molecule has 3 aliphatic rings. The van der Waals surface area contributed by atoms with Crippen molar-refractivity contribution < 1.29 is 74.7 Å². The van der Waals surface area contributed by atoms with Crippen LogP contribution >= 0.6 is 0 Å². The topological polar surface area (TPSA) is 248 Å². The number of ether oxygens (including phenoxy) is 5. The molecule has 6 unspecified atom stereocenters. The first kappa shape index (κ1) is 27.0. The van der Waals surface area contributed by atoms with Gasteiger partial charge in [-0.1, -0.05) is 0 Å². The minimum Gasteiger partial charge on any atom is -0.394 e. The van der Waals surface area contributed by atoms with Gasteiger partial charge in [0, 0.05) is 0 Å².